The zero-order valence-corrected chi connectivity index (χ0v) is 33.2. The van der Waals surface area contributed by atoms with Gasteiger partial charge in [-0.3, -0.25) is 4.90 Å². The molecule has 57 heavy (non-hydrogen) atoms. The van der Waals surface area contributed by atoms with Gasteiger partial charge in [0.15, 0.2) is 12.1 Å². The lowest BCUT2D eigenvalue weighted by atomic mass is 9.88. The summed E-state index contributed by atoms with van der Waals surface area (Å²) in [5.74, 6) is -0.774. The summed E-state index contributed by atoms with van der Waals surface area (Å²) in [7, 11) is 0. The molecule has 0 unspecified atom stereocenters. The summed E-state index contributed by atoms with van der Waals surface area (Å²) in [6.45, 7) is 10.4. The Morgan fingerprint density at radius 2 is 1.21 bits per heavy atom. The van der Waals surface area contributed by atoms with Crippen molar-refractivity contribution < 1.29 is 38.1 Å². The van der Waals surface area contributed by atoms with Crippen molar-refractivity contribution in [1.82, 2.24) is 14.7 Å². The lowest BCUT2D eigenvalue weighted by Gasteiger charge is -2.51. The van der Waals surface area contributed by atoms with E-state index in [1.807, 2.05) is 121 Å². The molecule has 2 fully saturated rings. The van der Waals surface area contributed by atoms with Crippen LogP contribution in [0.1, 0.15) is 82.4 Å². The fourth-order valence-corrected chi connectivity index (χ4v) is 7.03. The normalized spacial score (nSPS) is 20.8. The number of guanidine groups is 1. The van der Waals surface area contributed by atoms with Crippen LogP contribution in [0.4, 0.5) is 14.4 Å². The average molecular weight is 775 g/mol. The molecule has 0 saturated carbocycles. The summed E-state index contributed by atoms with van der Waals surface area (Å²) < 4.78 is 23.9. The summed E-state index contributed by atoms with van der Waals surface area (Å²) in [6.07, 6.45) is -3.17. The molecule has 6 rings (SSSR count). The molecular formula is C45H50N4O8. The van der Waals surface area contributed by atoms with Crippen molar-refractivity contribution in [3.05, 3.63) is 144 Å². The van der Waals surface area contributed by atoms with Crippen molar-refractivity contribution in [2.75, 3.05) is 6.54 Å². The van der Waals surface area contributed by atoms with Gasteiger partial charge in [0, 0.05) is 13.1 Å². The van der Waals surface area contributed by atoms with Gasteiger partial charge in [-0.15, -0.1) is 4.99 Å². The molecule has 2 heterocycles. The SMILES string of the molecule is CC(C)(C)OC(=O)/N=C1/N(C(=O)OC(C)(C)C)CC[C@H]([C@H]2C(=O)O[C@H](c3ccccc3)[C@H](c3ccccc3)N2C(=O)OCc2ccccc2)N1Cc1ccccc1. The minimum absolute atomic E-state index is 0.0126. The molecule has 0 aromatic heterocycles. The van der Waals surface area contributed by atoms with Gasteiger partial charge in [-0.05, 0) is 70.2 Å². The average Bonchev–Trinajstić information content (AvgIpc) is 3.17. The molecule has 4 aromatic carbocycles. The van der Waals surface area contributed by atoms with E-state index in [0.29, 0.717) is 11.1 Å². The maximum Gasteiger partial charge on any atom is 0.437 e. The predicted molar refractivity (Wildman–Crippen MR) is 214 cm³/mol. The molecule has 2 saturated heterocycles. The number of rotatable bonds is 7. The zero-order valence-electron chi connectivity index (χ0n) is 33.2. The molecule has 2 aliphatic rings. The van der Waals surface area contributed by atoms with E-state index < -0.39 is 59.7 Å². The molecule has 0 spiro atoms. The third-order valence-electron chi connectivity index (χ3n) is 9.36. The highest BCUT2D eigenvalue weighted by molar-refractivity contribution is 6.00. The van der Waals surface area contributed by atoms with Crippen molar-refractivity contribution >= 4 is 30.2 Å². The van der Waals surface area contributed by atoms with Crippen molar-refractivity contribution in [3.63, 3.8) is 0 Å². The highest BCUT2D eigenvalue weighted by atomic mass is 16.6. The minimum atomic E-state index is -1.30. The molecule has 12 heteroatoms. The number of aliphatic imine (C=N–C) groups is 1. The van der Waals surface area contributed by atoms with Crippen LogP contribution in [-0.2, 0) is 36.9 Å². The number of nitrogens with zero attached hydrogens (tertiary/aromatic N) is 4. The Morgan fingerprint density at radius 1 is 0.684 bits per heavy atom. The molecule has 4 aromatic rings. The number of ether oxygens (including phenoxy) is 4. The highest BCUT2D eigenvalue weighted by Gasteiger charge is 2.55. The number of morpholine rings is 1. The number of hydrogen-bond acceptors (Lipinski definition) is 8. The van der Waals surface area contributed by atoms with Crippen LogP contribution in [0.25, 0.3) is 0 Å². The molecule has 0 aliphatic carbocycles. The van der Waals surface area contributed by atoms with E-state index in [9.17, 15) is 19.2 Å². The van der Waals surface area contributed by atoms with Gasteiger partial charge in [-0.1, -0.05) is 121 Å². The Kier molecular flexibility index (Phi) is 12.3. The molecular weight excluding hydrogens is 725 g/mol. The van der Waals surface area contributed by atoms with Crippen LogP contribution in [0.2, 0.25) is 0 Å². The zero-order chi connectivity index (χ0) is 40.7. The molecule has 3 amide bonds. The van der Waals surface area contributed by atoms with Crippen LogP contribution in [0.15, 0.2) is 126 Å². The molecule has 298 valence electrons. The quantitative estimate of drug-likeness (QED) is 0.134. The second-order valence-electron chi connectivity index (χ2n) is 16.0. The maximum atomic E-state index is 14.8. The summed E-state index contributed by atoms with van der Waals surface area (Å²) in [6, 6.07) is 34.3. The first-order valence-electron chi connectivity index (χ1n) is 19.1. The van der Waals surface area contributed by atoms with Crippen LogP contribution < -0.4 is 0 Å². The van der Waals surface area contributed by atoms with Gasteiger partial charge in [0.2, 0.25) is 5.96 Å². The standard InChI is InChI=1S/C45H50N4O8/c1-44(2,3)56-41(51)46-40-47(42(52)57-45(4,5)6)28-27-35(48(40)29-31-19-11-7-12-20-31)37-39(50)55-38(34-25-17-10-18-26-34)36(33-23-15-9-16-24-33)49(37)43(53)54-30-32-21-13-8-14-22-32/h7-26,35-38H,27-30H2,1-6H3/b46-40-/t35-,36+,37+,38-/m1/s1. The number of carbonyl (C=O) groups is 4. The van der Waals surface area contributed by atoms with E-state index >= 15 is 0 Å². The molecule has 0 bridgehead atoms. The van der Waals surface area contributed by atoms with Gasteiger partial charge in [-0.25, -0.2) is 24.1 Å². The molecule has 0 N–H and O–H groups in total. The molecule has 0 radical (unpaired) electrons. The van der Waals surface area contributed by atoms with Crippen molar-refractivity contribution in [1.29, 1.82) is 0 Å². The Morgan fingerprint density at radius 3 is 1.77 bits per heavy atom. The Labute approximate surface area is 334 Å². The van der Waals surface area contributed by atoms with Gasteiger partial charge >= 0.3 is 24.2 Å². The molecule has 12 nitrogen and oxygen atoms in total. The Hall–Kier alpha value is -6.17. The predicted octanol–water partition coefficient (Wildman–Crippen LogP) is 8.84. The van der Waals surface area contributed by atoms with E-state index in [2.05, 4.69) is 4.99 Å². The number of hydrogen-bond donors (Lipinski definition) is 0. The lowest BCUT2D eigenvalue weighted by molar-refractivity contribution is -0.177. The fourth-order valence-electron chi connectivity index (χ4n) is 7.03. The summed E-state index contributed by atoms with van der Waals surface area (Å²) in [5.41, 5.74) is 1.17. The third kappa shape index (κ3) is 10.2. The number of cyclic esters (lactones) is 1. The van der Waals surface area contributed by atoms with Crippen LogP contribution in [0, 0.1) is 0 Å². The Balaban J connectivity index is 1.52. The van der Waals surface area contributed by atoms with E-state index in [0.717, 1.165) is 11.1 Å². The summed E-state index contributed by atoms with van der Waals surface area (Å²) in [4.78, 5) is 66.0. The van der Waals surface area contributed by atoms with Crippen molar-refractivity contribution in [2.24, 2.45) is 4.99 Å². The minimum Gasteiger partial charge on any atom is -0.453 e. The summed E-state index contributed by atoms with van der Waals surface area (Å²) in [5, 5.41) is 0. The fraction of sp³-hybridized carbons (Fsp3) is 0.356. The monoisotopic (exact) mass is 774 g/mol. The van der Waals surface area contributed by atoms with Gasteiger partial charge in [0.1, 0.15) is 23.9 Å². The first-order valence-corrected chi connectivity index (χ1v) is 19.1. The van der Waals surface area contributed by atoms with Gasteiger partial charge in [0.25, 0.3) is 0 Å². The molecule has 2 aliphatic heterocycles. The second kappa shape index (κ2) is 17.3. The third-order valence-corrected chi connectivity index (χ3v) is 9.36. The number of esters is 1. The smallest absolute Gasteiger partial charge is 0.437 e. The van der Waals surface area contributed by atoms with Crippen LogP contribution in [0.3, 0.4) is 0 Å². The van der Waals surface area contributed by atoms with Gasteiger partial charge < -0.3 is 23.8 Å². The van der Waals surface area contributed by atoms with Gasteiger partial charge in [0.05, 0.1) is 6.04 Å². The second-order valence-corrected chi connectivity index (χ2v) is 16.0. The van der Waals surface area contributed by atoms with E-state index in [4.69, 9.17) is 18.9 Å². The van der Waals surface area contributed by atoms with Crippen LogP contribution >= 0.6 is 0 Å². The highest BCUT2D eigenvalue weighted by Crippen LogP contribution is 2.45. The van der Waals surface area contributed by atoms with E-state index in [1.54, 1.807) is 46.4 Å². The van der Waals surface area contributed by atoms with Gasteiger partial charge in [-0.2, -0.15) is 0 Å². The molecule has 4 atom stereocenters. The number of benzene rings is 4. The number of carbonyl (C=O) groups excluding carboxylic acids is 4. The largest absolute Gasteiger partial charge is 0.453 e. The summed E-state index contributed by atoms with van der Waals surface area (Å²) >= 11 is 0. The van der Waals surface area contributed by atoms with Crippen LogP contribution in [-0.4, -0.2) is 74.7 Å². The van der Waals surface area contributed by atoms with Crippen molar-refractivity contribution in [2.45, 2.75) is 96.5 Å². The Bertz CT molecular complexity index is 2030. The van der Waals surface area contributed by atoms with E-state index in [-0.39, 0.29) is 32.1 Å². The lowest BCUT2D eigenvalue weighted by Crippen LogP contribution is -2.67. The first-order chi connectivity index (χ1) is 27.2. The number of amides is 3. The topological polar surface area (TPSA) is 127 Å². The maximum absolute atomic E-state index is 14.8. The first kappa shape index (κ1) is 40.5. The van der Waals surface area contributed by atoms with E-state index in [1.165, 1.54) is 9.80 Å². The van der Waals surface area contributed by atoms with Crippen LogP contribution in [0.5, 0.6) is 0 Å². The van der Waals surface area contributed by atoms with Crippen molar-refractivity contribution in [3.8, 4) is 0 Å².